The molecule has 0 spiro atoms. The summed E-state index contributed by atoms with van der Waals surface area (Å²) in [6, 6.07) is 27.7. The smallest absolute Gasteiger partial charge is 0.238 e. The highest BCUT2D eigenvalue weighted by Gasteiger charge is 2.27. The van der Waals surface area contributed by atoms with Crippen LogP contribution in [0.2, 0.25) is 0 Å². The number of amides is 1. The largest absolute Gasteiger partial charge is 0.325 e. The van der Waals surface area contributed by atoms with E-state index in [0.717, 1.165) is 31.9 Å². The Hall–Kier alpha value is -2.95. The van der Waals surface area contributed by atoms with Gasteiger partial charge in [0.2, 0.25) is 5.91 Å². The van der Waals surface area contributed by atoms with Crippen LogP contribution in [0.1, 0.15) is 28.3 Å². The molecular formula is C27H31N3O. The second-order valence-corrected chi connectivity index (χ2v) is 8.38. The molecule has 0 radical (unpaired) electrons. The molecule has 1 fully saturated rings. The number of carbonyl (C=O) groups excluding carboxylic acids is 1. The summed E-state index contributed by atoms with van der Waals surface area (Å²) < 4.78 is 0. The second-order valence-electron chi connectivity index (χ2n) is 8.38. The summed E-state index contributed by atoms with van der Waals surface area (Å²) >= 11 is 0. The standard InChI is InChI=1S/C27H31N3O/c1-21-13-14-25(19-22(21)2)28-26(31)20-29-15-17-30(18-16-29)27(23-9-5-3-6-10-23)24-11-7-4-8-12-24/h3-14,19,27H,15-18,20H2,1-2H3,(H,28,31). The summed E-state index contributed by atoms with van der Waals surface area (Å²) in [5.74, 6) is 0.0550. The summed E-state index contributed by atoms with van der Waals surface area (Å²) in [6.45, 7) is 8.23. The lowest BCUT2D eigenvalue weighted by Gasteiger charge is -2.39. The Morgan fingerprint density at radius 2 is 1.39 bits per heavy atom. The summed E-state index contributed by atoms with van der Waals surface area (Å²) in [5.41, 5.74) is 5.93. The van der Waals surface area contributed by atoms with Gasteiger partial charge in [-0.25, -0.2) is 0 Å². The molecule has 1 aliphatic heterocycles. The number of nitrogens with zero attached hydrogens (tertiary/aromatic N) is 2. The molecule has 1 aliphatic rings. The van der Waals surface area contributed by atoms with Crippen molar-refractivity contribution in [3.05, 3.63) is 101 Å². The van der Waals surface area contributed by atoms with Crippen LogP contribution in [0.25, 0.3) is 0 Å². The number of carbonyl (C=O) groups is 1. The SMILES string of the molecule is Cc1ccc(NC(=O)CN2CCN(C(c3ccccc3)c3ccccc3)CC2)cc1C. The van der Waals surface area contributed by atoms with Crippen LogP contribution in [0, 0.1) is 13.8 Å². The molecule has 0 saturated carbocycles. The molecule has 31 heavy (non-hydrogen) atoms. The average Bonchev–Trinajstić information content (AvgIpc) is 2.79. The van der Waals surface area contributed by atoms with E-state index in [0.29, 0.717) is 6.54 Å². The topological polar surface area (TPSA) is 35.6 Å². The first-order valence-electron chi connectivity index (χ1n) is 11.0. The van der Waals surface area contributed by atoms with Gasteiger partial charge in [0, 0.05) is 31.9 Å². The van der Waals surface area contributed by atoms with Crippen LogP contribution in [-0.2, 0) is 4.79 Å². The van der Waals surface area contributed by atoms with Crippen molar-refractivity contribution in [3.63, 3.8) is 0 Å². The predicted molar refractivity (Wildman–Crippen MR) is 127 cm³/mol. The van der Waals surface area contributed by atoms with Crippen LogP contribution in [0.4, 0.5) is 5.69 Å². The van der Waals surface area contributed by atoms with Crippen molar-refractivity contribution in [2.75, 3.05) is 38.0 Å². The van der Waals surface area contributed by atoms with E-state index >= 15 is 0 Å². The molecule has 0 aliphatic carbocycles. The maximum Gasteiger partial charge on any atom is 0.238 e. The number of rotatable bonds is 6. The van der Waals surface area contributed by atoms with Crippen LogP contribution in [-0.4, -0.2) is 48.4 Å². The van der Waals surface area contributed by atoms with E-state index in [9.17, 15) is 4.79 Å². The van der Waals surface area contributed by atoms with Crippen molar-refractivity contribution in [2.24, 2.45) is 0 Å². The van der Waals surface area contributed by atoms with Crippen molar-refractivity contribution in [2.45, 2.75) is 19.9 Å². The molecule has 0 unspecified atom stereocenters. The zero-order valence-corrected chi connectivity index (χ0v) is 18.4. The van der Waals surface area contributed by atoms with Gasteiger partial charge < -0.3 is 5.32 Å². The van der Waals surface area contributed by atoms with Crippen LogP contribution < -0.4 is 5.32 Å². The molecule has 3 aromatic carbocycles. The number of aryl methyl sites for hydroxylation is 2. The molecule has 160 valence electrons. The highest BCUT2D eigenvalue weighted by Crippen LogP contribution is 2.29. The van der Waals surface area contributed by atoms with Gasteiger partial charge in [-0.05, 0) is 48.2 Å². The van der Waals surface area contributed by atoms with Gasteiger partial charge in [0.15, 0.2) is 0 Å². The molecule has 1 saturated heterocycles. The van der Waals surface area contributed by atoms with Crippen molar-refractivity contribution in [1.82, 2.24) is 9.80 Å². The molecule has 1 N–H and O–H groups in total. The highest BCUT2D eigenvalue weighted by molar-refractivity contribution is 5.92. The maximum absolute atomic E-state index is 12.6. The lowest BCUT2D eigenvalue weighted by atomic mass is 9.96. The second kappa shape index (κ2) is 9.90. The van der Waals surface area contributed by atoms with E-state index in [1.54, 1.807) is 0 Å². The third-order valence-corrected chi connectivity index (χ3v) is 6.16. The minimum Gasteiger partial charge on any atom is -0.325 e. The maximum atomic E-state index is 12.6. The average molecular weight is 414 g/mol. The Morgan fingerprint density at radius 1 is 0.806 bits per heavy atom. The lowest BCUT2D eigenvalue weighted by Crippen LogP contribution is -2.49. The van der Waals surface area contributed by atoms with Gasteiger partial charge in [0.1, 0.15) is 0 Å². The Bertz CT molecular complexity index is 956. The van der Waals surface area contributed by atoms with Crippen molar-refractivity contribution >= 4 is 11.6 Å². The summed E-state index contributed by atoms with van der Waals surface area (Å²) in [6.07, 6.45) is 0. The summed E-state index contributed by atoms with van der Waals surface area (Å²) in [5, 5.41) is 3.05. The fourth-order valence-corrected chi connectivity index (χ4v) is 4.29. The van der Waals surface area contributed by atoms with Gasteiger partial charge in [-0.15, -0.1) is 0 Å². The Balaban J connectivity index is 1.37. The number of hydrogen-bond donors (Lipinski definition) is 1. The number of anilines is 1. The van der Waals surface area contributed by atoms with Crippen molar-refractivity contribution in [3.8, 4) is 0 Å². The van der Waals surface area contributed by atoms with E-state index in [-0.39, 0.29) is 11.9 Å². The van der Waals surface area contributed by atoms with Gasteiger partial charge in [0.05, 0.1) is 12.6 Å². The summed E-state index contributed by atoms with van der Waals surface area (Å²) in [7, 11) is 0. The van der Waals surface area contributed by atoms with Gasteiger partial charge in [-0.3, -0.25) is 14.6 Å². The molecule has 4 rings (SSSR count). The number of hydrogen-bond acceptors (Lipinski definition) is 3. The van der Waals surface area contributed by atoms with Crippen LogP contribution in [0.3, 0.4) is 0 Å². The molecule has 1 amide bonds. The molecule has 0 aromatic heterocycles. The quantitative estimate of drug-likeness (QED) is 0.639. The third kappa shape index (κ3) is 5.40. The zero-order valence-electron chi connectivity index (χ0n) is 18.4. The minimum atomic E-state index is 0.0550. The number of nitrogens with one attached hydrogen (secondary N) is 1. The van der Waals surface area contributed by atoms with Crippen molar-refractivity contribution in [1.29, 1.82) is 0 Å². The molecule has 1 heterocycles. The Morgan fingerprint density at radius 3 is 1.94 bits per heavy atom. The van der Waals surface area contributed by atoms with Gasteiger partial charge in [-0.1, -0.05) is 66.7 Å². The zero-order chi connectivity index (χ0) is 21.6. The fourth-order valence-electron chi connectivity index (χ4n) is 4.29. The first-order chi connectivity index (χ1) is 15.1. The van der Waals surface area contributed by atoms with Gasteiger partial charge in [-0.2, -0.15) is 0 Å². The molecule has 4 nitrogen and oxygen atoms in total. The van der Waals surface area contributed by atoms with E-state index in [1.165, 1.54) is 22.3 Å². The monoisotopic (exact) mass is 413 g/mol. The van der Waals surface area contributed by atoms with E-state index < -0.39 is 0 Å². The normalized spacial score (nSPS) is 15.2. The molecular weight excluding hydrogens is 382 g/mol. The van der Waals surface area contributed by atoms with E-state index in [4.69, 9.17) is 0 Å². The Labute approximate surface area is 185 Å². The van der Waals surface area contributed by atoms with Gasteiger partial charge in [0.25, 0.3) is 0 Å². The molecule has 0 bridgehead atoms. The van der Waals surface area contributed by atoms with Crippen LogP contribution in [0.15, 0.2) is 78.9 Å². The minimum absolute atomic E-state index is 0.0550. The van der Waals surface area contributed by atoms with E-state index in [1.807, 2.05) is 12.1 Å². The summed E-state index contributed by atoms with van der Waals surface area (Å²) in [4.78, 5) is 17.3. The van der Waals surface area contributed by atoms with E-state index in [2.05, 4.69) is 95.7 Å². The first kappa shape index (κ1) is 21.3. The van der Waals surface area contributed by atoms with Crippen LogP contribution >= 0.6 is 0 Å². The Kier molecular flexibility index (Phi) is 6.80. The highest BCUT2D eigenvalue weighted by atomic mass is 16.2. The molecule has 0 atom stereocenters. The lowest BCUT2D eigenvalue weighted by molar-refractivity contribution is -0.117. The number of benzene rings is 3. The third-order valence-electron chi connectivity index (χ3n) is 6.16. The van der Waals surface area contributed by atoms with Crippen molar-refractivity contribution < 1.29 is 4.79 Å². The molecule has 4 heteroatoms. The molecule has 3 aromatic rings. The first-order valence-corrected chi connectivity index (χ1v) is 11.0. The van der Waals surface area contributed by atoms with Gasteiger partial charge >= 0.3 is 0 Å². The van der Waals surface area contributed by atoms with Crippen LogP contribution in [0.5, 0.6) is 0 Å². The predicted octanol–water partition coefficient (Wildman–Crippen LogP) is 4.65. The number of piperazine rings is 1. The fraction of sp³-hybridized carbons (Fsp3) is 0.296.